The molecular formula is C19H24O5S. The molecule has 1 aromatic rings. The lowest BCUT2D eigenvalue weighted by molar-refractivity contribution is -0.143. The quantitative estimate of drug-likeness (QED) is 0.523. The molecule has 0 aliphatic heterocycles. The van der Waals surface area contributed by atoms with Crippen LogP contribution in [0.4, 0.5) is 0 Å². The third-order valence-electron chi connectivity index (χ3n) is 4.49. The van der Waals surface area contributed by atoms with Gasteiger partial charge in [0.2, 0.25) is 0 Å². The van der Waals surface area contributed by atoms with Gasteiger partial charge in [0.05, 0.1) is 16.2 Å². The molecule has 0 N–H and O–H groups in total. The SMILES string of the molecule is CCOC(=O)CCCCC1(S(=O)(=O)c2ccccc2)C=CC(=O)CC1. The van der Waals surface area contributed by atoms with Gasteiger partial charge in [0, 0.05) is 12.8 Å². The number of carbonyl (C=O) groups is 2. The number of benzene rings is 1. The second-order valence-electron chi connectivity index (χ2n) is 6.19. The van der Waals surface area contributed by atoms with Crippen molar-refractivity contribution >= 4 is 21.6 Å². The van der Waals surface area contributed by atoms with Crippen LogP contribution in [-0.2, 0) is 24.2 Å². The third kappa shape index (κ3) is 4.57. The Labute approximate surface area is 149 Å². The lowest BCUT2D eigenvalue weighted by Gasteiger charge is -2.32. The summed E-state index contributed by atoms with van der Waals surface area (Å²) >= 11 is 0. The molecule has 5 nitrogen and oxygen atoms in total. The highest BCUT2D eigenvalue weighted by Gasteiger charge is 2.43. The Morgan fingerprint density at radius 3 is 2.52 bits per heavy atom. The third-order valence-corrected chi connectivity index (χ3v) is 7.00. The fraction of sp³-hybridized carbons (Fsp3) is 0.474. The molecule has 0 aromatic heterocycles. The van der Waals surface area contributed by atoms with E-state index in [2.05, 4.69) is 0 Å². The summed E-state index contributed by atoms with van der Waals surface area (Å²) in [6.45, 7) is 2.10. The van der Waals surface area contributed by atoms with E-state index in [0.29, 0.717) is 25.9 Å². The van der Waals surface area contributed by atoms with Crippen molar-refractivity contribution in [3.05, 3.63) is 42.5 Å². The van der Waals surface area contributed by atoms with Crippen LogP contribution in [0.2, 0.25) is 0 Å². The Morgan fingerprint density at radius 2 is 1.92 bits per heavy atom. The van der Waals surface area contributed by atoms with Crippen molar-refractivity contribution in [2.24, 2.45) is 0 Å². The molecule has 0 amide bonds. The zero-order valence-electron chi connectivity index (χ0n) is 14.4. The molecule has 0 radical (unpaired) electrons. The molecule has 1 unspecified atom stereocenters. The van der Waals surface area contributed by atoms with E-state index in [1.807, 2.05) is 0 Å². The van der Waals surface area contributed by atoms with Gasteiger partial charge in [0.15, 0.2) is 15.6 Å². The minimum atomic E-state index is -3.61. The fourth-order valence-electron chi connectivity index (χ4n) is 3.07. The molecule has 25 heavy (non-hydrogen) atoms. The molecule has 0 bridgehead atoms. The molecule has 0 saturated carbocycles. The summed E-state index contributed by atoms with van der Waals surface area (Å²) < 4.78 is 30.2. The summed E-state index contributed by atoms with van der Waals surface area (Å²) in [7, 11) is -3.61. The second kappa shape index (κ2) is 8.43. The summed E-state index contributed by atoms with van der Waals surface area (Å²) in [5.41, 5.74) is 0. The zero-order valence-corrected chi connectivity index (χ0v) is 15.3. The number of allylic oxidation sites excluding steroid dienone is 1. The predicted molar refractivity (Wildman–Crippen MR) is 94.8 cm³/mol. The molecule has 0 spiro atoms. The van der Waals surface area contributed by atoms with Gasteiger partial charge in [-0.3, -0.25) is 9.59 Å². The normalized spacial score (nSPS) is 20.4. The van der Waals surface area contributed by atoms with Gasteiger partial charge in [-0.1, -0.05) is 30.7 Å². The molecule has 0 saturated heterocycles. The lowest BCUT2D eigenvalue weighted by Crippen LogP contribution is -2.39. The largest absolute Gasteiger partial charge is 0.466 e. The van der Waals surface area contributed by atoms with Crippen LogP contribution >= 0.6 is 0 Å². The maximum atomic E-state index is 13.2. The van der Waals surface area contributed by atoms with Crippen LogP contribution in [0.3, 0.4) is 0 Å². The van der Waals surface area contributed by atoms with Gasteiger partial charge in [0.1, 0.15) is 0 Å². The van der Waals surface area contributed by atoms with Gasteiger partial charge in [0.25, 0.3) is 0 Å². The highest BCUT2D eigenvalue weighted by Crippen LogP contribution is 2.38. The standard InChI is InChI=1S/C19H24O5S/c1-2-24-18(21)10-6-7-13-19(14-11-16(20)12-15-19)25(22,23)17-8-4-3-5-9-17/h3-5,8-9,11,14H,2,6-7,10,12-13,15H2,1H3. The molecule has 1 aliphatic rings. The number of sulfone groups is 1. The highest BCUT2D eigenvalue weighted by atomic mass is 32.2. The van der Waals surface area contributed by atoms with E-state index in [0.717, 1.165) is 0 Å². The first-order chi connectivity index (χ1) is 11.9. The van der Waals surface area contributed by atoms with Gasteiger partial charge < -0.3 is 4.74 Å². The van der Waals surface area contributed by atoms with Crippen molar-refractivity contribution in [1.29, 1.82) is 0 Å². The molecular weight excluding hydrogens is 340 g/mol. The lowest BCUT2D eigenvalue weighted by atomic mass is 9.89. The maximum absolute atomic E-state index is 13.2. The average Bonchev–Trinajstić information content (AvgIpc) is 2.61. The molecule has 1 aliphatic carbocycles. The zero-order chi connectivity index (χ0) is 18.3. The molecule has 6 heteroatoms. The van der Waals surface area contributed by atoms with Crippen molar-refractivity contribution in [2.45, 2.75) is 55.1 Å². The molecule has 0 heterocycles. The van der Waals surface area contributed by atoms with Crippen molar-refractivity contribution in [3.8, 4) is 0 Å². The molecule has 136 valence electrons. The Hall–Kier alpha value is -1.95. The minimum absolute atomic E-state index is 0.0505. The van der Waals surface area contributed by atoms with Crippen molar-refractivity contribution in [1.82, 2.24) is 0 Å². The number of esters is 1. The predicted octanol–water partition coefficient (Wildman–Crippen LogP) is 3.24. The van der Waals surface area contributed by atoms with E-state index < -0.39 is 14.6 Å². The first-order valence-electron chi connectivity index (χ1n) is 8.59. The summed E-state index contributed by atoms with van der Waals surface area (Å²) in [6, 6.07) is 8.32. The van der Waals surface area contributed by atoms with Crippen LogP contribution in [-0.4, -0.2) is 31.5 Å². The Kier molecular flexibility index (Phi) is 6.53. The first-order valence-corrected chi connectivity index (χ1v) is 10.1. The van der Waals surface area contributed by atoms with E-state index in [9.17, 15) is 18.0 Å². The number of carbonyl (C=O) groups excluding carboxylic acids is 2. The van der Waals surface area contributed by atoms with Gasteiger partial charge in [-0.2, -0.15) is 0 Å². The van der Waals surface area contributed by atoms with Crippen LogP contribution in [0.15, 0.2) is 47.4 Å². The van der Waals surface area contributed by atoms with Gasteiger partial charge >= 0.3 is 5.97 Å². The van der Waals surface area contributed by atoms with Crippen LogP contribution in [0.1, 0.15) is 45.4 Å². The number of hydrogen-bond acceptors (Lipinski definition) is 5. The monoisotopic (exact) mass is 364 g/mol. The van der Waals surface area contributed by atoms with Crippen LogP contribution in [0.25, 0.3) is 0 Å². The van der Waals surface area contributed by atoms with Crippen LogP contribution < -0.4 is 0 Å². The highest BCUT2D eigenvalue weighted by molar-refractivity contribution is 7.93. The van der Waals surface area contributed by atoms with Crippen molar-refractivity contribution < 1.29 is 22.7 Å². The maximum Gasteiger partial charge on any atom is 0.305 e. The average molecular weight is 364 g/mol. The summed E-state index contributed by atoms with van der Waals surface area (Å²) in [4.78, 5) is 23.3. The Balaban J connectivity index is 2.17. The first kappa shape index (κ1) is 19.4. The summed E-state index contributed by atoms with van der Waals surface area (Å²) in [5, 5.41) is 0. The van der Waals surface area contributed by atoms with Crippen molar-refractivity contribution in [3.63, 3.8) is 0 Å². The van der Waals surface area contributed by atoms with E-state index in [1.165, 1.54) is 6.08 Å². The minimum Gasteiger partial charge on any atom is -0.466 e. The molecule has 1 aromatic carbocycles. The number of ether oxygens (including phenoxy) is 1. The van der Waals surface area contributed by atoms with Crippen molar-refractivity contribution in [2.75, 3.05) is 6.61 Å². The van der Waals surface area contributed by atoms with Crippen LogP contribution in [0.5, 0.6) is 0 Å². The van der Waals surface area contributed by atoms with Gasteiger partial charge in [-0.15, -0.1) is 0 Å². The van der Waals surface area contributed by atoms with E-state index in [-0.39, 0.29) is 35.9 Å². The Bertz CT molecular complexity index is 736. The summed E-state index contributed by atoms with van der Waals surface area (Å²) in [6.07, 6.45) is 5.22. The van der Waals surface area contributed by atoms with Gasteiger partial charge in [-0.25, -0.2) is 8.42 Å². The van der Waals surface area contributed by atoms with E-state index >= 15 is 0 Å². The Morgan fingerprint density at radius 1 is 1.20 bits per heavy atom. The topological polar surface area (TPSA) is 77.5 Å². The van der Waals surface area contributed by atoms with Crippen LogP contribution in [0, 0.1) is 0 Å². The smallest absolute Gasteiger partial charge is 0.305 e. The number of hydrogen-bond donors (Lipinski definition) is 0. The van der Waals surface area contributed by atoms with E-state index in [1.54, 1.807) is 43.3 Å². The fourth-order valence-corrected chi connectivity index (χ4v) is 5.09. The number of rotatable bonds is 8. The summed E-state index contributed by atoms with van der Waals surface area (Å²) in [5.74, 6) is -0.317. The van der Waals surface area contributed by atoms with Gasteiger partial charge in [-0.05, 0) is 44.4 Å². The molecule has 1 atom stereocenters. The molecule has 2 rings (SSSR count). The number of ketones is 1. The second-order valence-corrected chi connectivity index (χ2v) is 8.48. The van der Waals surface area contributed by atoms with E-state index in [4.69, 9.17) is 4.74 Å². The molecule has 0 fully saturated rings. The number of unbranched alkanes of at least 4 members (excludes halogenated alkanes) is 1.